The first-order valence-corrected chi connectivity index (χ1v) is 6.23. The van der Waals surface area contributed by atoms with Gasteiger partial charge in [-0.25, -0.2) is 0 Å². The number of halogens is 6. The molecule has 0 saturated heterocycles. The van der Waals surface area contributed by atoms with E-state index in [4.69, 9.17) is 11.6 Å². The van der Waals surface area contributed by atoms with Crippen LogP contribution < -0.4 is 9.47 Å². The van der Waals surface area contributed by atoms with Gasteiger partial charge in [0.05, 0.1) is 0 Å². The van der Waals surface area contributed by atoms with Crippen molar-refractivity contribution in [3.8, 4) is 22.6 Å². The van der Waals surface area contributed by atoms with Crippen LogP contribution in [-0.4, -0.2) is 13.0 Å². The molecule has 118 valence electrons. The van der Waals surface area contributed by atoms with Gasteiger partial charge in [-0.3, -0.25) is 0 Å². The first kappa shape index (κ1) is 16.4. The first-order chi connectivity index (χ1) is 10.2. The van der Waals surface area contributed by atoms with Gasteiger partial charge in [0.15, 0.2) is 0 Å². The van der Waals surface area contributed by atoms with Crippen molar-refractivity contribution >= 4 is 11.6 Å². The summed E-state index contributed by atoms with van der Waals surface area (Å²) in [6.07, 6.45) is -4.85. The van der Waals surface area contributed by atoms with Crippen LogP contribution in [0.4, 0.5) is 22.0 Å². The van der Waals surface area contributed by atoms with Gasteiger partial charge in [0.2, 0.25) is 0 Å². The topological polar surface area (TPSA) is 18.5 Å². The highest BCUT2D eigenvalue weighted by Gasteiger charge is 2.31. The Kier molecular flexibility index (Phi) is 4.75. The molecule has 2 nitrogen and oxygen atoms in total. The van der Waals surface area contributed by atoms with Gasteiger partial charge in [0.1, 0.15) is 11.5 Å². The molecule has 0 N–H and O–H groups in total. The minimum atomic E-state index is -4.85. The molecule has 0 aliphatic rings. The third-order valence-electron chi connectivity index (χ3n) is 2.54. The van der Waals surface area contributed by atoms with E-state index in [0.717, 1.165) is 12.1 Å². The van der Waals surface area contributed by atoms with E-state index >= 15 is 0 Å². The summed E-state index contributed by atoms with van der Waals surface area (Å²) in [6, 6.07) is 8.72. The number of rotatable bonds is 4. The second-order valence-electron chi connectivity index (χ2n) is 4.09. The summed E-state index contributed by atoms with van der Waals surface area (Å²) >= 11 is 5.80. The second kappa shape index (κ2) is 6.39. The highest BCUT2D eigenvalue weighted by atomic mass is 35.5. The van der Waals surface area contributed by atoms with E-state index in [2.05, 4.69) is 9.47 Å². The molecule has 0 aliphatic heterocycles. The van der Waals surface area contributed by atoms with Crippen molar-refractivity contribution < 1.29 is 31.4 Å². The summed E-state index contributed by atoms with van der Waals surface area (Å²) in [7, 11) is 0. The molecule has 0 amide bonds. The average molecular weight is 339 g/mol. The molecule has 2 aromatic rings. The predicted molar refractivity (Wildman–Crippen MR) is 70.2 cm³/mol. The molecular formula is C14H8ClF5O2. The van der Waals surface area contributed by atoms with Crippen molar-refractivity contribution in [2.45, 2.75) is 13.0 Å². The molecule has 8 heteroatoms. The van der Waals surface area contributed by atoms with Gasteiger partial charge >= 0.3 is 13.0 Å². The standard InChI is InChI=1S/C14H8ClF5O2/c15-9-4-5-12(21-13(16)17)11(7-9)8-2-1-3-10(6-8)22-14(18,19)20/h1-7,13H. The summed E-state index contributed by atoms with van der Waals surface area (Å²) in [5, 5.41) is 0.221. The highest BCUT2D eigenvalue weighted by molar-refractivity contribution is 6.31. The first-order valence-electron chi connectivity index (χ1n) is 5.85. The molecule has 0 spiro atoms. The summed E-state index contributed by atoms with van der Waals surface area (Å²) in [5.41, 5.74) is 0.320. The van der Waals surface area contributed by atoms with Crippen molar-refractivity contribution in [1.29, 1.82) is 0 Å². The van der Waals surface area contributed by atoms with E-state index in [1.807, 2.05) is 0 Å². The van der Waals surface area contributed by atoms with E-state index in [1.165, 1.54) is 30.3 Å². The third-order valence-corrected chi connectivity index (χ3v) is 2.77. The van der Waals surface area contributed by atoms with Crippen molar-refractivity contribution in [3.05, 3.63) is 47.5 Å². The quantitative estimate of drug-likeness (QED) is 0.685. The van der Waals surface area contributed by atoms with Gasteiger partial charge in [0, 0.05) is 10.6 Å². The Morgan fingerprint density at radius 2 is 1.73 bits per heavy atom. The zero-order chi connectivity index (χ0) is 16.3. The van der Waals surface area contributed by atoms with Crippen molar-refractivity contribution in [2.75, 3.05) is 0 Å². The van der Waals surface area contributed by atoms with E-state index < -0.39 is 18.7 Å². The molecule has 0 heterocycles. The van der Waals surface area contributed by atoms with E-state index in [-0.39, 0.29) is 21.9 Å². The van der Waals surface area contributed by atoms with Crippen LogP contribution in [0.25, 0.3) is 11.1 Å². The van der Waals surface area contributed by atoms with Crippen LogP contribution >= 0.6 is 11.6 Å². The van der Waals surface area contributed by atoms with Gasteiger partial charge in [-0.1, -0.05) is 23.7 Å². The van der Waals surface area contributed by atoms with Gasteiger partial charge in [-0.05, 0) is 35.9 Å². The van der Waals surface area contributed by atoms with Crippen LogP contribution in [0.2, 0.25) is 5.02 Å². The maximum Gasteiger partial charge on any atom is 0.573 e. The summed E-state index contributed by atoms with van der Waals surface area (Å²) < 4.78 is 69.6. The van der Waals surface area contributed by atoms with Gasteiger partial charge < -0.3 is 9.47 Å². The molecule has 2 aromatic carbocycles. The fourth-order valence-corrected chi connectivity index (χ4v) is 1.96. The van der Waals surface area contributed by atoms with Crippen LogP contribution in [0.15, 0.2) is 42.5 Å². The van der Waals surface area contributed by atoms with E-state index in [1.54, 1.807) is 0 Å². The molecule has 0 fully saturated rings. The van der Waals surface area contributed by atoms with Crippen LogP contribution in [0.3, 0.4) is 0 Å². The maximum atomic E-state index is 12.4. The van der Waals surface area contributed by atoms with Crippen LogP contribution in [0.1, 0.15) is 0 Å². The Morgan fingerprint density at radius 3 is 2.36 bits per heavy atom. The maximum absolute atomic E-state index is 12.4. The largest absolute Gasteiger partial charge is 0.573 e. The zero-order valence-electron chi connectivity index (χ0n) is 10.7. The molecule has 0 radical (unpaired) electrons. The van der Waals surface area contributed by atoms with E-state index in [9.17, 15) is 22.0 Å². The molecule has 0 bridgehead atoms. The lowest BCUT2D eigenvalue weighted by Gasteiger charge is -2.13. The van der Waals surface area contributed by atoms with Gasteiger partial charge in [-0.2, -0.15) is 8.78 Å². The molecule has 0 aromatic heterocycles. The number of hydrogen-bond acceptors (Lipinski definition) is 2. The Bertz CT molecular complexity index is 658. The van der Waals surface area contributed by atoms with Crippen molar-refractivity contribution in [2.24, 2.45) is 0 Å². The smallest absolute Gasteiger partial charge is 0.434 e. The lowest BCUT2D eigenvalue weighted by molar-refractivity contribution is -0.274. The van der Waals surface area contributed by atoms with Crippen LogP contribution in [0, 0.1) is 0 Å². The van der Waals surface area contributed by atoms with Crippen molar-refractivity contribution in [1.82, 2.24) is 0 Å². The Morgan fingerprint density at radius 1 is 1.00 bits per heavy atom. The fraction of sp³-hybridized carbons (Fsp3) is 0.143. The summed E-state index contributed by atoms with van der Waals surface area (Å²) in [4.78, 5) is 0. The normalized spacial score (nSPS) is 11.6. The number of benzene rings is 2. The number of ether oxygens (including phenoxy) is 2. The molecule has 0 aliphatic carbocycles. The summed E-state index contributed by atoms with van der Waals surface area (Å²) in [5.74, 6) is -0.684. The third kappa shape index (κ3) is 4.49. The van der Waals surface area contributed by atoms with Crippen molar-refractivity contribution in [3.63, 3.8) is 0 Å². The predicted octanol–water partition coefficient (Wildman–Crippen LogP) is 5.51. The highest BCUT2D eigenvalue weighted by Crippen LogP contribution is 2.36. The SMILES string of the molecule is FC(F)Oc1ccc(Cl)cc1-c1cccc(OC(F)(F)F)c1. The molecule has 0 saturated carbocycles. The Labute approximate surface area is 127 Å². The molecule has 0 atom stereocenters. The van der Waals surface area contributed by atoms with E-state index in [0.29, 0.717) is 0 Å². The summed E-state index contributed by atoms with van der Waals surface area (Å²) in [6.45, 7) is -3.07. The zero-order valence-corrected chi connectivity index (χ0v) is 11.5. The van der Waals surface area contributed by atoms with Gasteiger partial charge in [0.25, 0.3) is 0 Å². The fourth-order valence-electron chi connectivity index (χ4n) is 1.79. The average Bonchev–Trinajstić information content (AvgIpc) is 2.38. The minimum absolute atomic E-state index is 0.125. The molecule has 2 rings (SSSR count). The minimum Gasteiger partial charge on any atom is -0.434 e. The van der Waals surface area contributed by atoms with Gasteiger partial charge in [-0.15, -0.1) is 13.2 Å². The van der Waals surface area contributed by atoms with Crippen LogP contribution in [0.5, 0.6) is 11.5 Å². The second-order valence-corrected chi connectivity index (χ2v) is 4.53. The Hall–Kier alpha value is -2.02. The monoisotopic (exact) mass is 338 g/mol. The number of alkyl halides is 5. The molecule has 0 unspecified atom stereocenters. The Balaban J connectivity index is 2.43. The van der Waals surface area contributed by atoms with Crippen LogP contribution in [-0.2, 0) is 0 Å². The lowest BCUT2D eigenvalue weighted by atomic mass is 10.0. The number of hydrogen-bond donors (Lipinski definition) is 0. The molecule has 22 heavy (non-hydrogen) atoms. The molecular weight excluding hydrogens is 331 g/mol. The lowest BCUT2D eigenvalue weighted by Crippen LogP contribution is -2.17.